The molecule has 0 spiro atoms. The topological polar surface area (TPSA) is 21.3 Å². The van der Waals surface area contributed by atoms with E-state index in [1.165, 1.54) is 92.2 Å². The van der Waals surface area contributed by atoms with E-state index in [0.717, 1.165) is 17.6 Å². The summed E-state index contributed by atoms with van der Waals surface area (Å²) in [5.41, 5.74) is 15.0. The molecular formula is C38H31BN2O. The van der Waals surface area contributed by atoms with Gasteiger partial charge in [0.15, 0.2) is 5.58 Å². The van der Waals surface area contributed by atoms with E-state index in [1.807, 2.05) is 0 Å². The van der Waals surface area contributed by atoms with Crippen molar-refractivity contribution in [1.29, 1.82) is 0 Å². The normalized spacial score (nSPS) is 13.3. The van der Waals surface area contributed by atoms with E-state index in [2.05, 4.69) is 125 Å². The monoisotopic (exact) mass is 542 g/mol. The molecule has 4 heteroatoms. The van der Waals surface area contributed by atoms with E-state index < -0.39 is 0 Å². The molecule has 2 aliphatic rings. The van der Waals surface area contributed by atoms with E-state index in [0.29, 0.717) is 0 Å². The second-order valence-electron chi connectivity index (χ2n) is 11.9. The lowest BCUT2D eigenvalue weighted by Gasteiger charge is -2.40. The van der Waals surface area contributed by atoms with Crippen LogP contribution in [0.15, 0.2) is 114 Å². The molecule has 7 aromatic rings. The molecule has 0 radical (unpaired) electrons. The van der Waals surface area contributed by atoms with Crippen molar-refractivity contribution in [3.05, 3.63) is 115 Å². The van der Waals surface area contributed by atoms with Gasteiger partial charge in [0.05, 0.1) is 5.52 Å². The fourth-order valence-electron chi connectivity index (χ4n) is 7.65. The zero-order valence-corrected chi connectivity index (χ0v) is 23.8. The molecule has 0 fully saturated rings. The summed E-state index contributed by atoms with van der Waals surface area (Å²) in [7, 11) is 0. The molecule has 42 heavy (non-hydrogen) atoms. The maximum absolute atomic E-state index is 6.62. The average molecular weight is 542 g/mol. The minimum absolute atomic E-state index is 0.0520. The SMILES string of the molecule is CCCCCCc1cc2c3c(c1)N(c1ccccc1)c1ccccc1B3n1c3c-2cccc3c2oc3ccccc3c21. The molecule has 5 aromatic carbocycles. The number of aromatic nitrogens is 1. The molecule has 0 saturated carbocycles. The summed E-state index contributed by atoms with van der Waals surface area (Å²) in [6, 6.07) is 40.1. The Hall–Kier alpha value is -4.70. The quantitative estimate of drug-likeness (QED) is 0.154. The lowest BCUT2D eigenvalue weighted by Crippen LogP contribution is -2.56. The first-order valence-electron chi connectivity index (χ1n) is 15.4. The highest BCUT2D eigenvalue weighted by Gasteiger charge is 2.43. The van der Waals surface area contributed by atoms with E-state index >= 15 is 0 Å². The van der Waals surface area contributed by atoms with Gasteiger partial charge in [-0.05, 0) is 77.4 Å². The van der Waals surface area contributed by atoms with Crippen LogP contribution in [0.2, 0.25) is 0 Å². The van der Waals surface area contributed by atoms with Crippen molar-refractivity contribution < 1.29 is 4.42 Å². The van der Waals surface area contributed by atoms with Gasteiger partial charge in [-0.15, -0.1) is 0 Å². The molecule has 0 aliphatic carbocycles. The molecule has 9 rings (SSSR count). The lowest BCUT2D eigenvalue weighted by atomic mass is 9.45. The third kappa shape index (κ3) is 3.24. The predicted molar refractivity (Wildman–Crippen MR) is 178 cm³/mol. The molecule has 0 amide bonds. The molecule has 0 bridgehead atoms. The first kappa shape index (κ1) is 24.0. The molecule has 4 heterocycles. The summed E-state index contributed by atoms with van der Waals surface area (Å²) in [6.07, 6.45) is 6.14. The molecular weight excluding hydrogens is 511 g/mol. The number of aryl methyl sites for hydroxylation is 1. The second-order valence-corrected chi connectivity index (χ2v) is 11.9. The summed E-state index contributed by atoms with van der Waals surface area (Å²) in [6.45, 7) is 2.34. The van der Waals surface area contributed by atoms with Gasteiger partial charge in [-0.3, -0.25) is 0 Å². The smallest absolute Gasteiger partial charge is 0.333 e. The highest BCUT2D eigenvalue weighted by Crippen LogP contribution is 2.47. The second kappa shape index (κ2) is 9.16. The number of benzene rings is 5. The van der Waals surface area contributed by atoms with Crippen molar-refractivity contribution in [3.63, 3.8) is 0 Å². The van der Waals surface area contributed by atoms with E-state index in [-0.39, 0.29) is 6.85 Å². The van der Waals surface area contributed by atoms with E-state index in [4.69, 9.17) is 4.42 Å². The Morgan fingerprint density at radius 2 is 1.48 bits per heavy atom. The molecule has 2 aliphatic heterocycles. The molecule has 2 aromatic heterocycles. The van der Waals surface area contributed by atoms with Gasteiger partial charge in [0, 0.05) is 38.9 Å². The Kier molecular flexibility index (Phi) is 5.22. The fraction of sp³-hybridized carbons (Fsp3) is 0.158. The van der Waals surface area contributed by atoms with Crippen LogP contribution in [0.3, 0.4) is 0 Å². The standard InChI is InChI=1S/C38H31BN2O/c1-2-3-4-6-14-25-23-30-27-18-13-19-29-36(27)41(37-28-17-9-12-22-34(28)42-38(29)37)39-31-20-10-11-21-32(31)40(33(24-25)35(30)39)26-15-7-5-8-16-26/h5,7-13,15-24H,2-4,6,14H2,1H3. The summed E-state index contributed by atoms with van der Waals surface area (Å²) < 4.78 is 9.21. The average Bonchev–Trinajstić information content (AvgIpc) is 3.57. The van der Waals surface area contributed by atoms with Crippen LogP contribution in [0.1, 0.15) is 38.2 Å². The van der Waals surface area contributed by atoms with Crippen molar-refractivity contribution in [2.45, 2.75) is 39.0 Å². The van der Waals surface area contributed by atoms with Gasteiger partial charge >= 0.3 is 6.85 Å². The third-order valence-corrected chi connectivity index (χ3v) is 9.42. The number of para-hydroxylation sites is 4. The molecule has 0 unspecified atom stereocenters. The summed E-state index contributed by atoms with van der Waals surface area (Å²) >= 11 is 0. The first-order valence-corrected chi connectivity index (χ1v) is 15.4. The Bertz CT molecular complexity index is 2160. The highest BCUT2D eigenvalue weighted by molar-refractivity contribution is 6.90. The minimum atomic E-state index is 0.0520. The number of fused-ring (bicyclic) bond motifs is 9. The zero-order chi connectivity index (χ0) is 27.8. The Balaban J connectivity index is 1.41. The molecule has 0 saturated heterocycles. The molecule has 202 valence electrons. The molecule has 3 nitrogen and oxygen atoms in total. The van der Waals surface area contributed by atoms with Gasteiger partial charge in [0.2, 0.25) is 0 Å². The van der Waals surface area contributed by atoms with E-state index in [1.54, 1.807) is 0 Å². The van der Waals surface area contributed by atoms with Crippen LogP contribution in [0.4, 0.5) is 17.1 Å². The number of rotatable bonds is 6. The maximum Gasteiger partial charge on any atom is 0.333 e. The minimum Gasteiger partial charge on any atom is -0.454 e. The number of unbranched alkanes of at least 4 members (excludes halogenated alkanes) is 3. The Morgan fingerprint density at radius 3 is 2.38 bits per heavy atom. The van der Waals surface area contributed by atoms with Crippen molar-refractivity contribution in [2.75, 3.05) is 4.90 Å². The van der Waals surface area contributed by atoms with Crippen molar-refractivity contribution >= 4 is 67.8 Å². The molecule has 0 atom stereocenters. The van der Waals surface area contributed by atoms with Gasteiger partial charge in [0.25, 0.3) is 0 Å². The first-order chi connectivity index (χ1) is 20.8. The van der Waals surface area contributed by atoms with Gasteiger partial charge in [-0.1, -0.05) is 92.9 Å². The van der Waals surface area contributed by atoms with Crippen molar-refractivity contribution in [2.24, 2.45) is 0 Å². The van der Waals surface area contributed by atoms with Gasteiger partial charge < -0.3 is 13.8 Å². The largest absolute Gasteiger partial charge is 0.454 e. The van der Waals surface area contributed by atoms with Crippen LogP contribution >= 0.6 is 0 Å². The van der Waals surface area contributed by atoms with Crippen LogP contribution in [0.25, 0.3) is 44.1 Å². The maximum atomic E-state index is 6.62. The summed E-state index contributed by atoms with van der Waals surface area (Å²) in [5, 5.41) is 2.37. The highest BCUT2D eigenvalue weighted by atomic mass is 16.3. The summed E-state index contributed by atoms with van der Waals surface area (Å²) in [4.78, 5) is 2.50. The van der Waals surface area contributed by atoms with Crippen LogP contribution in [-0.2, 0) is 6.42 Å². The van der Waals surface area contributed by atoms with Crippen LogP contribution < -0.4 is 15.8 Å². The van der Waals surface area contributed by atoms with Crippen LogP contribution in [-0.4, -0.2) is 11.3 Å². The third-order valence-electron chi connectivity index (χ3n) is 9.42. The van der Waals surface area contributed by atoms with Gasteiger partial charge in [-0.25, -0.2) is 0 Å². The van der Waals surface area contributed by atoms with Gasteiger partial charge in [-0.2, -0.15) is 0 Å². The number of hydrogen-bond donors (Lipinski definition) is 0. The molecule has 0 N–H and O–H groups in total. The number of anilines is 3. The Morgan fingerprint density at radius 1 is 0.667 bits per heavy atom. The number of hydrogen-bond acceptors (Lipinski definition) is 2. The van der Waals surface area contributed by atoms with Crippen LogP contribution in [0, 0.1) is 0 Å². The number of furan rings is 1. The zero-order valence-electron chi connectivity index (χ0n) is 23.8. The lowest BCUT2D eigenvalue weighted by molar-refractivity contribution is 0.667. The number of nitrogens with zero attached hydrogens (tertiary/aromatic N) is 2. The predicted octanol–water partition coefficient (Wildman–Crippen LogP) is 9.08. The summed E-state index contributed by atoms with van der Waals surface area (Å²) in [5.74, 6) is 0. The van der Waals surface area contributed by atoms with Crippen molar-refractivity contribution in [1.82, 2.24) is 4.48 Å². The fourth-order valence-corrected chi connectivity index (χ4v) is 7.65. The van der Waals surface area contributed by atoms with Crippen LogP contribution in [0.5, 0.6) is 0 Å². The Labute approximate surface area is 246 Å². The van der Waals surface area contributed by atoms with Gasteiger partial charge in [0.1, 0.15) is 5.58 Å². The van der Waals surface area contributed by atoms with Crippen molar-refractivity contribution in [3.8, 4) is 11.1 Å². The van der Waals surface area contributed by atoms with E-state index in [9.17, 15) is 0 Å².